The van der Waals surface area contributed by atoms with Crippen LogP contribution in [-0.2, 0) is 0 Å². The first kappa shape index (κ1) is 16.8. The van der Waals surface area contributed by atoms with Gasteiger partial charge in [-0.25, -0.2) is 9.97 Å². The Balaban J connectivity index is 1.97. The van der Waals surface area contributed by atoms with Gasteiger partial charge in [0.1, 0.15) is 0 Å². The molecule has 2 N–H and O–H groups in total. The van der Waals surface area contributed by atoms with Crippen LogP contribution >= 0.6 is 0 Å². The third-order valence-corrected chi connectivity index (χ3v) is 5.91. The van der Waals surface area contributed by atoms with Crippen molar-refractivity contribution in [1.82, 2.24) is 19.9 Å². The highest BCUT2D eigenvalue weighted by atomic mass is 14.8. The minimum absolute atomic E-state index is 0.965. The molecule has 2 aliphatic heterocycles. The van der Waals surface area contributed by atoms with Crippen LogP contribution in [-0.4, -0.2) is 19.9 Å². The minimum atomic E-state index is 0.965. The Labute approximate surface area is 163 Å². The van der Waals surface area contributed by atoms with Gasteiger partial charge in [0.2, 0.25) is 0 Å². The first-order valence-corrected chi connectivity index (χ1v) is 9.54. The van der Waals surface area contributed by atoms with Crippen molar-refractivity contribution < 1.29 is 0 Å². The fourth-order valence-corrected chi connectivity index (χ4v) is 3.76. The van der Waals surface area contributed by atoms with Gasteiger partial charge in [0.05, 0.1) is 33.8 Å². The van der Waals surface area contributed by atoms with Gasteiger partial charge in [0.25, 0.3) is 0 Å². The number of nitrogens with one attached hydrogen (secondary N) is 2. The van der Waals surface area contributed by atoms with E-state index >= 15 is 0 Å². The van der Waals surface area contributed by atoms with E-state index in [0.717, 1.165) is 44.8 Å². The quantitative estimate of drug-likeness (QED) is 0.359. The normalized spacial score (nSPS) is 12.7. The minimum Gasteiger partial charge on any atom is -0.354 e. The Morgan fingerprint density at radius 1 is 0.464 bits per heavy atom. The summed E-state index contributed by atoms with van der Waals surface area (Å²) >= 11 is 0. The summed E-state index contributed by atoms with van der Waals surface area (Å²) in [5, 5.41) is 0. The van der Waals surface area contributed by atoms with E-state index in [1.165, 1.54) is 22.3 Å². The summed E-state index contributed by atoms with van der Waals surface area (Å²) in [7, 11) is 0. The number of hydrogen-bond acceptors (Lipinski definition) is 2. The Hall–Kier alpha value is -3.40. The lowest BCUT2D eigenvalue weighted by Gasteiger charge is -1.99. The summed E-state index contributed by atoms with van der Waals surface area (Å²) in [5.41, 5.74) is 12.9. The van der Waals surface area contributed by atoms with Crippen molar-refractivity contribution in [2.75, 3.05) is 0 Å². The molecule has 0 radical (unpaired) electrons. The molecule has 0 saturated carbocycles. The molecule has 0 aromatic carbocycles. The van der Waals surface area contributed by atoms with Crippen molar-refractivity contribution in [3.63, 3.8) is 0 Å². The number of aryl methyl sites for hydroxylation is 2. The van der Waals surface area contributed by atoms with Crippen molar-refractivity contribution in [1.29, 1.82) is 0 Å². The number of aromatic amines is 2. The van der Waals surface area contributed by atoms with Gasteiger partial charge in [-0.2, -0.15) is 0 Å². The zero-order valence-corrected chi connectivity index (χ0v) is 16.5. The third kappa shape index (κ3) is 2.53. The zero-order valence-electron chi connectivity index (χ0n) is 16.5. The fourth-order valence-electron chi connectivity index (χ4n) is 3.76. The van der Waals surface area contributed by atoms with Crippen molar-refractivity contribution in [2.45, 2.75) is 27.7 Å². The van der Waals surface area contributed by atoms with Gasteiger partial charge >= 0.3 is 0 Å². The standard InChI is InChI=1S/C24H22N4/c1-13-14(2)18-6-10-23(26-18)24-12-8-20(28-24)16(4)15(3)19-7-11-22(27-19)21-9-5-17(13)25-21/h5-12,25,28H,1-4H3. The van der Waals surface area contributed by atoms with Crippen LogP contribution in [0.15, 0.2) is 24.3 Å². The lowest BCUT2D eigenvalue weighted by molar-refractivity contribution is 1.23. The summed E-state index contributed by atoms with van der Waals surface area (Å²) in [6.45, 7) is 8.52. The summed E-state index contributed by atoms with van der Waals surface area (Å²) in [4.78, 5) is 16.8. The molecule has 0 amide bonds. The van der Waals surface area contributed by atoms with Crippen molar-refractivity contribution >= 4 is 46.4 Å². The summed E-state index contributed by atoms with van der Waals surface area (Å²) in [6, 6.07) is 8.44. The molecule has 3 aromatic rings. The summed E-state index contributed by atoms with van der Waals surface area (Å²) < 4.78 is 0. The van der Waals surface area contributed by atoms with E-state index in [1.807, 2.05) is 0 Å². The van der Waals surface area contributed by atoms with Crippen molar-refractivity contribution in [3.8, 4) is 0 Å². The largest absolute Gasteiger partial charge is 0.354 e. The maximum atomic E-state index is 4.87. The Morgan fingerprint density at radius 2 is 0.821 bits per heavy atom. The molecule has 138 valence electrons. The number of aromatic nitrogens is 4. The number of H-pyrrole nitrogens is 2. The Kier molecular flexibility index (Phi) is 3.63. The highest BCUT2D eigenvalue weighted by molar-refractivity contribution is 5.84. The molecule has 0 unspecified atom stereocenters. The second kappa shape index (κ2) is 6.06. The third-order valence-electron chi connectivity index (χ3n) is 5.91. The number of rotatable bonds is 0. The van der Waals surface area contributed by atoms with Gasteiger partial charge in [-0.1, -0.05) is 0 Å². The molecule has 0 spiro atoms. The van der Waals surface area contributed by atoms with E-state index in [4.69, 9.17) is 9.97 Å². The van der Waals surface area contributed by atoms with Gasteiger partial charge in [0, 0.05) is 11.0 Å². The van der Waals surface area contributed by atoms with Crippen molar-refractivity contribution in [2.24, 2.45) is 0 Å². The highest BCUT2D eigenvalue weighted by Gasteiger charge is 2.10. The first-order valence-electron chi connectivity index (χ1n) is 9.54. The van der Waals surface area contributed by atoms with E-state index in [2.05, 4.69) is 86.2 Å². The smallest absolute Gasteiger partial charge is 0.0872 e. The van der Waals surface area contributed by atoms with Gasteiger partial charge in [-0.05, 0) is 98.5 Å². The molecule has 2 aliphatic rings. The average Bonchev–Trinajstić information content (AvgIpc) is 3.48. The van der Waals surface area contributed by atoms with E-state index in [0.29, 0.717) is 0 Å². The number of hydrogen-bond donors (Lipinski definition) is 2. The van der Waals surface area contributed by atoms with Crippen LogP contribution in [0.1, 0.15) is 45.0 Å². The summed E-state index contributed by atoms with van der Waals surface area (Å²) in [6.07, 6.45) is 8.34. The lowest BCUT2D eigenvalue weighted by atomic mass is 10.1. The van der Waals surface area contributed by atoms with Gasteiger partial charge < -0.3 is 9.97 Å². The van der Waals surface area contributed by atoms with Crippen LogP contribution in [0, 0.1) is 27.7 Å². The maximum Gasteiger partial charge on any atom is 0.0872 e. The van der Waals surface area contributed by atoms with Crippen LogP contribution in [0.4, 0.5) is 0 Å². The Bertz CT molecular complexity index is 1240. The zero-order chi connectivity index (χ0) is 19.4. The maximum absolute atomic E-state index is 4.87. The van der Waals surface area contributed by atoms with E-state index in [1.54, 1.807) is 0 Å². The predicted molar refractivity (Wildman–Crippen MR) is 118 cm³/mol. The van der Waals surface area contributed by atoms with Gasteiger partial charge in [-0.3, -0.25) is 0 Å². The molecule has 28 heavy (non-hydrogen) atoms. The van der Waals surface area contributed by atoms with E-state index < -0.39 is 0 Å². The topological polar surface area (TPSA) is 57.4 Å². The van der Waals surface area contributed by atoms with Crippen LogP contribution in [0.3, 0.4) is 0 Å². The predicted octanol–water partition coefficient (Wildman–Crippen LogP) is 5.89. The van der Waals surface area contributed by atoms with Gasteiger partial charge in [-0.15, -0.1) is 0 Å². The van der Waals surface area contributed by atoms with Crippen molar-refractivity contribution in [3.05, 3.63) is 69.3 Å². The second-order valence-electron chi connectivity index (χ2n) is 7.50. The monoisotopic (exact) mass is 366 g/mol. The van der Waals surface area contributed by atoms with Crippen LogP contribution in [0.5, 0.6) is 0 Å². The molecule has 4 nitrogen and oxygen atoms in total. The molecular formula is C24H22N4. The van der Waals surface area contributed by atoms with E-state index in [9.17, 15) is 0 Å². The van der Waals surface area contributed by atoms with E-state index in [-0.39, 0.29) is 0 Å². The molecule has 0 saturated heterocycles. The number of fused-ring (bicyclic) bond motifs is 10. The average molecular weight is 366 g/mol. The SMILES string of the molecule is Cc1c2nc(c3ccc([nH]3)c(C)c(C)c3nc(c4ccc([nH]4)c1C)C=C3)C=C2. The summed E-state index contributed by atoms with van der Waals surface area (Å²) in [5.74, 6) is 0. The molecular weight excluding hydrogens is 344 g/mol. The molecule has 5 heterocycles. The first-order chi connectivity index (χ1) is 13.5. The second-order valence-corrected chi connectivity index (χ2v) is 7.50. The molecule has 8 bridgehead atoms. The molecule has 0 fully saturated rings. The lowest BCUT2D eigenvalue weighted by Crippen LogP contribution is -1.87. The molecule has 0 atom stereocenters. The van der Waals surface area contributed by atoms with Crippen LogP contribution in [0.2, 0.25) is 0 Å². The number of nitrogens with zero attached hydrogens (tertiary/aromatic N) is 2. The van der Waals surface area contributed by atoms with Crippen LogP contribution < -0.4 is 0 Å². The molecule has 3 aromatic heterocycles. The van der Waals surface area contributed by atoms with Gasteiger partial charge in [0.15, 0.2) is 0 Å². The van der Waals surface area contributed by atoms with Crippen LogP contribution in [0.25, 0.3) is 46.4 Å². The molecule has 0 aliphatic carbocycles. The molecule has 5 rings (SSSR count). The highest BCUT2D eigenvalue weighted by Crippen LogP contribution is 2.25. The molecule has 4 heteroatoms. The fraction of sp³-hybridized carbons (Fsp3) is 0.167. The Morgan fingerprint density at radius 3 is 1.25 bits per heavy atom.